The van der Waals surface area contributed by atoms with Crippen molar-refractivity contribution in [2.45, 2.75) is 31.7 Å². The third-order valence-corrected chi connectivity index (χ3v) is 5.00. The van der Waals surface area contributed by atoms with Crippen LogP contribution in [0.1, 0.15) is 26.0 Å². The first-order chi connectivity index (χ1) is 11.4. The van der Waals surface area contributed by atoms with Gasteiger partial charge in [0.2, 0.25) is 11.8 Å². The van der Waals surface area contributed by atoms with E-state index in [-0.39, 0.29) is 23.7 Å². The zero-order valence-corrected chi connectivity index (χ0v) is 14.2. The van der Waals surface area contributed by atoms with E-state index < -0.39 is 5.41 Å². The molecule has 24 heavy (non-hydrogen) atoms. The Kier molecular flexibility index (Phi) is 4.36. The number of carbonyl (C=O) groups excluding carboxylic acids is 2. The lowest BCUT2D eigenvalue weighted by atomic mass is 9.88. The standard InChI is InChI=1S/C17H18FN3O2S/c1-17(2,16(23)20-10-7-14(22)19-8-10)13-9-24-15(21-13)11-5-3-4-6-12(11)18/h3-6,9-10H,7-8H2,1-2H3,(H,19,22)(H,20,23). The molecule has 0 saturated carbocycles. The summed E-state index contributed by atoms with van der Waals surface area (Å²) in [6.07, 6.45) is 0.291. The van der Waals surface area contributed by atoms with Crippen LogP contribution >= 0.6 is 11.3 Å². The van der Waals surface area contributed by atoms with E-state index in [1.165, 1.54) is 17.4 Å². The Hall–Kier alpha value is -2.28. The molecule has 0 bridgehead atoms. The highest BCUT2D eigenvalue weighted by Crippen LogP contribution is 2.31. The Morgan fingerprint density at radius 2 is 2.17 bits per heavy atom. The van der Waals surface area contributed by atoms with Crippen LogP contribution in [-0.2, 0) is 15.0 Å². The fourth-order valence-electron chi connectivity index (χ4n) is 2.51. The SMILES string of the molecule is CC(C)(C(=O)NC1CNC(=O)C1)c1csc(-c2ccccc2F)n1. The Morgan fingerprint density at radius 1 is 1.42 bits per heavy atom. The van der Waals surface area contributed by atoms with Gasteiger partial charge in [-0.1, -0.05) is 12.1 Å². The number of hydrogen-bond acceptors (Lipinski definition) is 4. The first kappa shape index (κ1) is 16.6. The minimum Gasteiger partial charge on any atom is -0.354 e. The van der Waals surface area contributed by atoms with Crippen LogP contribution in [0.3, 0.4) is 0 Å². The molecule has 0 spiro atoms. The molecule has 1 aliphatic heterocycles. The number of carbonyl (C=O) groups is 2. The maximum atomic E-state index is 13.9. The topological polar surface area (TPSA) is 71.1 Å². The maximum absolute atomic E-state index is 13.9. The summed E-state index contributed by atoms with van der Waals surface area (Å²) >= 11 is 1.31. The largest absolute Gasteiger partial charge is 0.354 e. The number of hydrogen-bond donors (Lipinski definition) is 2. The van der Waals surface area contributed by atoms with Crippen LogP contribution in [0.25, 0.3) is 10.6 Å². The summed E-state index contributed by atoms with van der Waals surface area (Å²) in [6, 6.07) is 6.23. The molecule has 1 aromatic heterocycles. The minimum absolute atomic E-state index is 0.0615. The molecular weight excluding hydrogens is 329 g/mol. The average molecular weight is 347 g/mol. The zero-order chi connectivity index (χ0) is 17.3. The smallest absolute Gasteiger partial charge is 0.232 e. The van der Waals surface area contributed by atoms with Gasteiger partial charge in [0.15, 0.2) is 0 Å². The molecule has 2 aromatic rings. The van der Waals surface area contributed by atoms with Crippen molar-refractivity contribution in [3.8, 4) is 10.6 Å². The summed E-state index contributed by atoms with van der Waals surface area (Å²) in [7, 11) is 0. The van der Waals surface area contributed by atoms with Crippen LogP contribution in [0.4, 0.5) is 4.39 Å². The maximum Gasteiger partial charge on any atom is 0.232 e. The minimum atomic E-state index is -0.869. The van der Waals surface area contributed by atoms with E-state index in [9.17, 15) is 14.0 Å². The first-order valence-corrected chi connectivity index (χ1v) is 8.54. The molecule has 2 N–H and O–H groups in total. The molecule has 1 atom stereocenters. The molecule has 1 fully saturated rings. The summed E-state index contributed by atoms with van der Waals surface area (Å²) in [6.45, 7) is 3.98. The lowest BCUT2D eigenvalue weighted by Crippen LogP contribution is -2.46. The van der Waals surface area contributed by atoms with Crippen molar-refractivity contribution in [1.82, 2.24) is 15.6 Å². The van der Waals surface area contributed by atoms with Gasteiger partial charge in [0, 0.05) is 23.9 Å². The van der Waals surface area contributed by atoms with Gasteiger partial charge in [-0.05, 0) is 26.0 Å². The van der Waals surface area contributed by atoms with E-state index in [0.717, 1.165) is 0 Å². The van der Waals surface area contributed by atoms with Gasteiger partial charge in [-0.2, -0.15) is 0 Å². The summed E-state index contributed by atoms with van der Waals surface area (Å²) in [5.74, 6) is -0.598. The fraction of sp³-hybridized carbons (Fsp3) is 0.353. The molecule has 1 aromatic carbocycles. The van der Waals surface area contributed by atoms with Gasteiger partial charge < -0.3 is 10.6 Å². The van der Waals surface area contributed by atoms with Crippen molar-refractivity contribution in [3.05, 3.63) is 41.2 Å². The molecule has 1 saturated heterocycles. The second-order valence-corrected chi connectivity index (χ2v) is 7.18. The first-order valence-electron chi connectivity index (χ1n) is 7.66. The summed E-state index contributed by atoms with van der Waals surface area (Å²) in [4.78, 5) is 28.3. The zero-order valence-electron chi connectivity index (χ0n) is 13.4. The van der Waals surface area contributed by atoms with Crippen molar-refractivity contribution in [2.75, 3.05) is 6.54 Å². The van der Waals surface area contributed by atoms with Crippen LogP contribution in [-0.4, -0.2) is 29.4 Å². The number of halogens is 1. The van der Waals surface area contributed by atoms with E-state index in [2.05, 4.69) is 15.6 Å². The van der Waals surface area contributed by atoms with Crippen molar-refractivity contribution in [2.24, 2.45) is 0 Å². The summed E-state index contributed by atoms with van der Waals surface area (Å²) in [5.41, 5.74) is 0.141. The Labute approximate surface area is 143 Å². The van der Waals surface area contributed by atoms with Gasteiger partial charge in [0.25, 0.3) is 0 Å². The molecular formula is C17H18FN3O2S. The van der Waals surface area contributed by atoms with Crippen LogP contribution in [0.5, 0.6) is 0 Å². The van der Waals surface area contributed by atoms with Gasteiger partial charge >= 0.3 is 0 Å². The van der Waals surface area contributed by atoms with Crippen molar-refractivity contribution in [1.29, 1.82) is 0 Å². The van der Waals surface area contributed by atoms with E-state index in [1.807, 2.05) is 0 Å². The lowest BCUT2D eigenvalue weighted by molar-refractivity contribution is -0.126. The van der Waals surface area contributed by atoms with Crippen molar-refractivity contribution in [3.63, 3.8) is 0 Å². The van der Waals surface area contributed by atoms with Gasteiger partial charge in [0.1, 0.15) is 10.8 Å². The van der Waals surface area contributed by atoms with Crippen LogP contribution in [0.2, 0.25) is 0 Å². The normalized spacial score (nSPS) is 17.6. The lowest BCUT2D eigenvalue weighted by Gasteiger charge is -2.23. The number of nitrogens with one attached hydrogen (secondary N) is 2. The Morgan fingerprint density at radius 3 is 2.83 bits per heavy atom. The van der Waals surface area contributed by atoms with Crippen LogP contribution in [0.15, 0.2) is 29.6 Å². The number of aromatic nitrogens is 1. The number of thiazole rings is 1. The molecule has 0 radical (unpaired) electrons. The van der Waals surface area contributed by atoms with E-state index in [4.69, 9.17) is 0 Å². The van der Waals surface area contributed by atoms with Gasteiger partial charge in [-0.25, -0.2) is 9.37 Å². The Balaban J connectivity index is 1.79. The number of amides is 2. The predicted molar refractivity (Wildman–Crippen MR) is 90.1 cm³/mol. The van der Waals surface area contributed by atoms with E-state index in [1.54, 1.807) is 37.4 Å². The Bertz CT molecular complexity index is 788. The number of rotatable bonds is 4. The molecule has 1 unspecified atom stereocenters. The van der Waals surface area contributed by atoms with Crippen molar-refractivity contribution < 1.29 is 14.0 Å². The molecule has 1 aliphatic rings. The highest BCUT2D eigenvalue weighted by molar-refractivity contribution is 7.13. The van der Waals surface area contributed by atoms with Crippen LogP contribution in [0, 0.1) is 5.82 Å². The second-order valence-electron chi connectivity index (χ2n) is 6.32. The molecule has 3 rings (SSSR count). The quantitative estimate of drug-likeness (QED) is 0.891. The third kappa shape index (κ3) is 3.17. The molecule has 126 valence electrons. The second kappa shape index (κ2) is 6.32. The number of benzene rings is 1. The van der Waals surface area contributed by atoms with Gasteiger partial charge in [-0.15, -0.1) is 11.3 Å². The average Bonchev–Trinajstić information content (AvgIpc) is 3.17. The highest BCUT2D eigenvalue weighted by Gasteiger charge is 2.35. The highest BCUT2D eigenvalue weighted by atomic mass is 32.1. The molecule has 2 amide bonds. The van der Waals surface area contributed by atoms with E-state index in [0.29, 0.717) is 29.2 Å². The predicted octanol–water partition coefficient (Wildman–Crippen LogP) is 2.23. The molecule has 0 aliphatic carbocycles. The number of nitrogens with zero attached hydrogens (tertiary/aromatic N) is 1. The van der Waals surface area contributed by atoms with Crippen LogP contribution < -0.4 is 10.6 Å². The summed E-state index contributed by atoms with van der Waals surface area (Å²) in [5, 5.41) is 7.89. The molecule has 7 heteroatoms. The third-order valence-electron chi connectivity index (χ3n) is 4.13. The molecule has 2 heterocycles. The van der Waals surface area contributed by atoms with Gasteiger partial charge in [-0.3, -0.25) is 9.59 Å². The molecule has 5 nitrogen and oxygen atoms in total. The van der Waals surface area contributed by atoms with Crippen molar-refractivity contribution >= 4 is 23.2 Å². The monoisotopic (exact) mass is 347 g/mol. The fourth-order valence-corrected chi connectivity index (χ4v) is 3.52. The van der Waals surface area contributed by atoms with Gasteiger partial charge in [0.05, 0.1) is 17.2 Å². The van der Waals surface area contributed by atoms with E-state index >= 15 is 0 Å². The summed E-state index contributed by atoms with van der Waals surface area (Å²) < 4.78 is 13.9.